The molecule has 108 valence electrons. The van der Waals surface area contributed by atoms with Gasteiger partial charge in [0, 0.05) is 5.92 Å². The first-order chi connectivity index (χ1) is 8.35. The zero-order chi connectivity index (χ0) is 13.8. The van der Waals surface area contributed by atoms with E-state index >= 15 is 0 Å². The molecule has 2 nitrogen and oxygen atoms in total. The Bertz CT molecular complexity index is 236. The van der Waals surface area contributed by atoms with Crippen LogP contribution in [0.5, 0.6) is 0 Å². The number of hydrogen-bond acceptors (Lipinski definition) is 2. The van der Waals surface area contributed by atoms with E-state index in [1.54, 1.807) is 11.9 Å². The lowest BCUT2D eigenvalue weighted by atomic mass is 9.74. The molecule has 0 aromatic carbocycles. The van der Waals surface area contributed by atoms with Crippen LogP contribution in [0.2, 0.25) is 0 Å². The standard InChI is InChI=1S/C14H28F2N2/c1-11-7-12(2)9-13(8-11)14(15,16)10-18(3)6-4-5-17/h11-13H,4-10,17H2,1-3H3. The normalized spacial score (nSPS) is 29.8. The van der Waals surface area contributed by atoms with Crippen molar-refractivity contribution >= 4 is 0 Å². The van der Waals surface area contributed by atoms with Crippen molar-refractivity contribution in [3.05, 3.63) is 0 Å². The van der Waals surface area contributed by atoms with Gasteiger partial charge < -0.3 is 10.6 Å². The van der Waals surface area contributed by atoms with Gasteiger partial charge in [-0.2, -0.15) is 0 Å². The van der Waals surface area contributed by atoms with E-state index in [2.05, 4.69) is 13.8 Å². The van der Waals surface area contributed by atoms with E-state index in [0.29, 0.717) is 37.8 Å². The van der Waals surface area contributed by atoms with Gasteiger partial charge in [0.1, 0.15) is 0 Å². The second kappa shape index (κ2) is 6.80. The Balaban J connectivity index is 2.50. The Kier molecular flexibility index (Phi) is 5.99. The summed E-state index contributed by atoms with van der Waals surface area (Å²) in [4.78, 5) is 1.72. The Morgan fingerprint density at radius 1 is 1.17 bits per heavy atom. The molecule has 0 aliphatic heterocycles. The van der Waals surface area contributed by atoms with Crippen LogP contribution in [-0.2, 0) is 0 Å². The van der Waals surface area contributed by atoms with E-state index in [1.807, 2.05) is 0 Å². The third-order valence-corrected chi connectivity index (χ3v) is 4.00. The maximum atomic E-state index is 14.3. The lowest BCUT2D eigenvalue weighted by Crippen LogP contribution is -2.43. The van der Waals surface area contributed by atoms with Crippen LogP contribution in [0.4, 0.5) is 8.78 Å². The molecule has 2 atom stereocenters. The lowest BCUT2D eigenvalue weighted by molar-refractivity contribution is -0.100. The summed E-state index contributed by atoms with van der Waals surface area (Å²) >= 11 is 0. The SMILES string of the molecule is CC1CC(C)CC(C(F)(F)CN(C)CCCN)C1. The molecule has 0 radical (unpaired) electrons. The van der Waals surface area contributed by atoms with Gasteiger partial charge in [0.25, 0.3) is 5.92 Å². The highest BCUT2D eigenvalue weighted by molar-refractivity contribution is 4.86. The number of alkyl halides is 2. The predicted molar refractivity (Wildman–Crippen MR) is 71.8 cm³/mol. The molecule has 0 aromatic heterocycles. The minimum Gasteiger partial charge on any atom is -0.330 e. The molecule has 0 spiro atoms. The Morgan fingerprint density at radius 2 is 1.72 bits per heavy atom. The summed E-state index contributed by atoms with van der Waals surface area (Å²) in [5.41, 5.74) is 5.41. The van der Waals surface area contributed by atoms with Gasteiger partial charge in [-0.1, -0.05) is 13.8 Å². The van der Waals surface area contributed by atoms with Crippen molar-refractivity contribution in [2.24, 2.45) is 23.5 Å². The second-order valence-electron chi connectivity index (χ2n) is 6.26. The Morgan fingerprint density at radius 3 is 2.22 bits per heavy atom. The number of rotatable bonds is 6. The summed E-state index contributed by atoms with van der Waals surface area (Å²) in [5, 5.41) is 0. The first-order valence-corrected chi connectivity index (χ1v) is 7.11. The van der Waals surface area contributed by atoms with E-state index in [0.717, 1.165) is 12.8 Å². The smallest absolute Gasteiger partial charge is 0.263 e. The highest BCUT2D eigenvalue weighted by Gasteiger charge is 2.43. The van der Waals surface area contributed by atoms with Crippen LogP contribution in [0.25, 0.3) is 0 Å². The quantitative estimate of drug-likeness (QED) is 0.797. The van der Waals surface area contributed by atoms with Gasteiger partial charge in [0.2, 0.25) is 0 Å². The number of hydrogen-bond donors (Lipinski definition) is 1. The average molecular weight is 262 g/mol. The Labute approximate surface area is 110 Å². The van der Waals surface area contributed by atoms with Crippen molar-refractivity contribution in [1.82, 2.24) is 4.90 Å². The fourth-order valence-electron chi connectivity index (χ4n) is 3.22. The van der Waals surface area contributed by atoms with E-state index in [1.165, 1.54) is 0 Å². The molecular weight excluding hydrogens is 234 g/mol. The molecule has 0 amide bonds. The maximum Gasteiger partial charge on any atom is 0.263 e. The topological polar surface area (TPSA) is 29.3 Å². The monoisotopic (exact) mass is 262 g/mol. The molecule has 1 aliphatic rings. The van der Waals surface area contributed by atoms with Gasteiger partial charge in [-0.15, -0.1) is 0 Å². The van der Waals surface area contributed by atoms with Gasteiger partial charge >= 0.3 is 0 Å². The number of nitrogens with zero attached hydrogens (tertiary/aromatic N) is 1. The summed E-state index contributed by atoms with van der Waals surface area (Å²) in [7, 11) is 1.76. The van der Waals surface area contributed by atoms with E-state index in [9.17, 15) is 8.78 Å². The molecule has 1 rings (SSSR count). The molecule has 0 aromatic rings. The Hall–Kier alpha value is -0.220. The van der Waals surface area contributed by atoms with Crippen LogP contribution in [0.1, 0.15) is 39.5 Å². The fourth-order valence-corrected chi connectivity index (χ4v) is 3.22. The fraction of sp³-hybridized carbons (Fsp3) is 1.00. The average Bonchev–Trinajstić information content (AvgIpc) is 2.24. The van der Waals surface area contributed by atoms with E-state index in [4.69, 9.17) is 5.73 Å². The third-order valence-electron chi connectivity index (χ3n) is 4.00. The summed E-state index contributed by atoms with van der Waals surface area (Å²) in [6, 6.07) is 0. The molecule has 2 N–H and O–H groups in total. The molecule has 1 saturated carbocycles. The zero-order valence-electron chi connectivity index (χ0n) is 12.0. The van der Waals surface area contributed by atoms with Crippen LogP contribution in [0, 0.1) is 17.8 Å². The minimum atomic E-state index is -2.56. The van der Waals surface area contributed by atoms with Gasteiger partial charge in [0.05, 0.1) is 6.54 Å². The number of nitrogens with two attached hydrogens (primary N) is 1. The molecule has 1 aliphatic carbocycles. The first kappa shape index (κ1) is 15.8. The highest BCUT2D eigenvalue weighted by Crippen LogP contribution is 2.41. The van der Waals surface area contributed by atoms with Crippen molar-refractivity contribution in [3.63, 3.8) is 0 Å². The lowest BCUT2D eigenvalue weighted by Gasteiger charge is -2.37. The van der Waals surface area contributed by atoms with Crippen molar-refractivity contribution in [2.75, 3.05) is 26.7 Å². The summed E-state index contributed by atoms with van der Waals surface area (Å²) < 4.78 is 28.5. The van der Waals surface area contributed by atoms with Crippen LogP contribution in [-0.4, -0.2) is 37.5 Å². The largest absolute Gasteiger partial charge is 0.330 e. The molecule has 0 saturated heterocycles. The van der Waals surface area contributed by atoms with Gasteiger partial charge in [0.15, 0.2) is 0 Å². The molecule has 2 unspecified atom stereocenters. The summed E-state index contributed by atoms with van der Waals surface area (Å²) in [6.45, 7) is 5.28. The predicted octanol–water partition coefficient (Wildman–Crippen LogP) is 2.97. The van der Waals surface area contributed by atoms with Gasteiger partial charge in [-0.3, -0.25) is 0 Å². The van der Waals surface area contributed by atoms with Crippen LogP contribution < -0.4 is 5.73 Å². The maximum absolute atomic E-state index is 14.3. The minimum absolute atomic E-state index is 0.128. The van der Waals surface area contributed by atoms with E-state index in [-0.39, 0.29) is 6.54 Å². The highest BCUT2D eigenvalue weighted by atomic mass is 19.3. The zero-order valence-corrected chi connectivity index (χ0v) is 12.0. The molecule has 1 fully saturated rings. The second-order valence-corrected chi connectivity index (χ2v) is 6.26. The molecule has 18 heavy (non-hydrogen) atoms. The van der Waals surface area contributed by atoms with Crippen molar-refractivity contribution in [1.29, 1.82) is 0 Å². The number of halogens is 2. The summed E-state index contributed by atoms with van der Waals surface area (Å²) in [6.07, 6.45) is 3.21. The molecule has 4 heteroatoms. The summed E-state index contributed by atoms with van der Waals surface area (Å²) in [5.74, 6) is -2.15. The molecule has 0 bridgehead atoms. The third kappa shape index (κ3) is 4.81. The van der Waals surface area contributed by atoms with Gasteiger partial charge in [-0.05, 0) is 57.7 Å². The van der Waals surface area contributed by atoms with Crippen LogP contribution >= 0.6 is 0 Å². The molecular formula is C14H28F2N2. The van der Waals surface area contributed by atoms with Crippen LogP contribution in [0.3, 0.4) is 0 Å². The van der Waals surface area contributed by atoms with Crippen molar-refractivity contribution in [2.45, 2.75) is 45.5 Å². The van der Waals surface area contributed by atoms with Crippen molar-refractivity contribution in [3.8, 4) is 0 Å². The van der Waals surface area contributed by atoms with E-state index < -0.39 is 11.8 Å². The van der Waals surface area contributed by atoms with Crippen LogP contribution in [0.15, 0.2) is 0 Å². The molecule has 0 heterocycles. The van der Waals surface area contributed by atoms with Gasteiger partial charge in [-0.25, -0.2) is 8.78 Å². The first-order valence-electron chi connectivity index (χ1n) is 7.11. The van der Waals surface area contributed by atoms with Crippen molar-refractivity contribution < 1.29 is 8.78 Å².